The summed E-state index contributed by atoms with van der Waals surface area (Å²) in [5.41, 5.74) is 0. The molecule has 0 spiro atoms. The van der Waals surface area contributed by atoms with E-state index in [0.717, 1.165) is 49.3 Å². The van der Waals surface area contributed by atoms with Gasteiger partial charge in [-0.1, -0.05) is 18.7 Å². The number of nitrogens with zero attached hydrogens (tertiary/aromatic N) is 2. The molecule has 18 heavy (non-hydrogen) atoms. The van der Waals surface area contributed by atoms with Gasteiger partial charge in [-0.2, -0.15) is 0 Å². The Labute approximate surface area is 113 Å². The normalized spacial score (nSPS) is 10.4. The second-order valence-electron chi connectivity index (χ2n) is 3.83. The number of rotatable bonds is 9. The average molecular weight is 270 g/mol. The summed E-state index contributed by atoms with van der Waals surface area (Å²) in [5.74, 6) is 1.74. The molecule has 1 aromatic heterocycles. The van der Waals surface area contributed by atoms with Crippen molar-refractivity contribution in [3.8, 4) is 0 Å². The van der Waals surface area contributed by atoms with Gasteiger partial charge in [-0.3, -0.25) is 0 Å². The van der Waals surface area contributed by atoms with Crippen LogP contribution >= 0.6 is 11.8 Å². The molecule has 1 aromatic rings. The van der Waals surface area contributed by atoms with E-state index in [1.165, 1.54) is 0 Å². The number of thioether (sulfide) groups is 1. The van der Waals surface area contributed by atoms with Crippen molar-refractivity contribution in [1.82, 2.24) is 9.97 Å². The van der Waals surface area contributed by atoms with Crippen molar-refractivity contribution in [2.24, 2.45) is 0 Å². The van der Waals surface area contributed by atoms with Crippen molar-refractivity contribution >= 4 is 23.4 Å². The molecule has 0 fully saturated rings. The first kappa shape index (κ1) is 15.0. The van der Waals surface area contributed by atoms with Crippen LogP contribution in [0.4, 0.5) is 11.6 Å². The lowest BCUT2D eigenvalue weighted by Crippen LogP contribution is -2.09. The third-order valence-corrected chi connectivity index (χ3v) is 2.82. The maximum absolute atomic E-state index is 5.01. The summed E-state index contributed by atoms with van der Waals surface area (Å²) in [7, 11) is 1.71. The number of nitrogens with one attached hydrogen (secondary N) is 2. The minimum absolute atomic E-state index is 0.758. The zero-order chi connectivity index (χ0) is 13.2. The smallest absolute Gasteiger partial charge is 0.191 e. The predicted molar refractivity (Wildman–Crippen MR) is 77.6 cm³/mol. The fourth-order valence-electron chi connectivity index (χ4n) is 1.38. The Balaban J connectivity index is 2.58. The fraction of sp³-hybridized carbons (Fsp3) is 0.667. The van der Waals surface area contributed by atoms with E-state index >= 15 is 0 Å². The van der Waals surface area contributed by atoms with Crippen LogP contribution in [0.15, 0.2) is 11.2 Å². The van der Waals surface area contributed by atoms with E-state index in [0.29, 0.717) is 0 Å². The second kappa shape index (κ2) is 8.99. The molecule has 0 amide bonds. The third-order valence-electron chi connectivity index (χ3n) is 2.28. The number of hydrogen-bond donors (Lipinski definition) is 2. The van der Waals surface area contributed by atoms with Gasteiger partial charge in [0.15, 0.2) is 5.16 Å². The van der Waals surface area contributed by atoms with Gasteiger partial charge in [0.2, 0.25) is 0 Å². The molecular weight excluding hydrogens is 248 g/mol. The summed E-state index contributed by atoms with van der Waals surface area (Å²) in [5, 5.41) is 7.35. The molecule has 5 nitrogen and oxygen atoms in total. The number of anilines is 2. The molecule has 0 saturated heterocycles. The van der Waals surface area contributed by atoms with Crippen LogP contribution in [0.1, 0.15) is 19.8 Å². The Morgan fingerprint density at radius 1 is 1.22 bits per heavy atom. The van der Waals surface area contributed by atoms with Gasteiger partial charge in [0.1, 0.15) is 11.6 Å². The van der Waals surface area contributed by atoms with Crippen molar-refractivity contribution < 1.29 is 4.74 Å². The Morgan fingerprint density at radius 2 is 1.89 bits per heavy atom. The number of aromatic nitrogens is 2. The standard InChI is InChI=1S/C12H22N4OS/c1-4-6-13-10-9-11(14-7-5-8-17-2)16-12(15-10)18-3/h9H,4-8H2,1-3H3,(H2,13,14,15,16). The van der Waals surface area contributed by atoms with Crippen LogP contribution in [-0.4, -0.2) is 43.0 Å². The number of methoxy groups -OCH3 is 1. The highest BCUT2D eigenvalue weighted by Gasteiger charge is 2.03. The van der Waals surface area contributed by atoms with Crippen LogP contribution in [0.5, 0.6) is 0 Å². The maximum atomic E-state index is 5.01. The SMILES string of the molecule is CCCNc1cc(NCCCOC)nc(SC)n1. The number of ether oxygens (including phenoxy) is 1. The molecule has 102 valence electrons. The van der Waals surface area contributed by atoms with Gasteiger partial charge in [0, 0.05) is 32.9 Å². The first-order valence-electron chi connectivity index (χ1n) is 6.20. The molecule has 2 N–H and O–H groups in total. The molecule has 0 bridgehead atoms. The molecule has 0 radical (unpaired) electrons. The van der Waals surface area contributed by atoms with Crippen molar-refractivity contribution in [1.29, 1.82) is 0 Å². The maximum Gasteiger partial charge on any atom is 0.191 e. The molecule has 0 unspecified atom stereocenters. The summed E-state index contributed by atoms with van der Waals surface area (Å²) in [6.45, 7) is 4.67. The van der Waals surface area contributed by atoms with E-state index in [1.807, 2.05) is 12.3 Å². The third kappa shape index (κ3) is 5.55. The molecule has 0 aliphatic rings. The summed E-state index contributed by atoms with van der Waals surface area (Å²) in [4.78, 5) is 8.83. The lowest BCUT2D eigenvalue weighted by molar-refractivity contribution is 0.197. The first-order valence-corrected chi connectivity index (χ1v) is 7.42. The highest BCUT2D eigenvalue weighted by Crippen LogP contribution is 2.17. The number of hydrogen-bond acceptors (Lipinski definition) is 6. The van der Waals surface area contributed by atoms with E-state index in [9.17, 15) is 0 Å². The van der Waals surface area contributed by atoms with Crippen LogP contribution in [0.3, 0.4) is 0 Å². The van der Waals surface area contributed by atoms with Gasteiger partial charge in [-0.15, -0.1) is 0 Å². The van der Waals surface area contributed by atoms with Gasteiger partial charge in [-0.05, 0) is 19.1 Å². The Hall–Kier alpha value is -1.01. The predicted octanol–water partition coefficient (Wildman–Crippen LogP) is 2.47. The Morgan fingerprint density at radius 3 is 2.44 bits per heavy atom. The van der Waals surface area contributed by atoms with Crippen molar-refractivity contribution in [2.45, 2.75) is 24.9 Å². The lowest BCUT2D eigenvalue weighted by Gasteiger charge is -2.10. The quantitative estimate of drug-likeness (QED) is 0.408. The molecule has 0 aliphatic carbocycles. The topological polar surface area (TPSA) is 59.1 Å². The van der Waals surface area contributed by atoms with Crippen LogP contribution in [0.2, 0.25) is 0 Å². The van der Waals surface area contributed by atoms with E-state index < -0.39 is 0 Å². The largest absolute Gasteiger partial charge is 0.385 e. The molecule has 0 atom stereocenters. The first-order chi connectivity index (χ1) is 8.80. The summed E-state index contributed by atoms with van der Waals surface area (Å²) < 4.78 is 5.01. The van der Waals surface area contributed by atoms with Crippen LogP contribution < -0.4 is 10.6 Å². The summed E-state index contributed by atoms with van der Waals surface area (Å²) >= 11 is 1.55. The van der Waals surface area contributed by atoms with Gasteiger partial charge in [0.05, 0.1) is 0 Å². The summed E-state index contributed by atoms with van der Waals surface area (Å²) in [6, 6.07) is 1.95. The highest BCUT2D eigenvalue weighted by atomic mass is 32.2. The van der Waals surface area contributed by atoms with Gasteiger partial charge in [0.25, 0.3) is 0 Å². The molecule has 1 heterocycles. The Bertz CT molecular complexity index is 349. The van der Waals surface area contributed by atoms with E-state index in [-0.39, 0.29) is 0 Å². The van der Waals surface area contributed by atoms with E-state index in [2.05, 4.69) is 27.5 Å². The van der Waals surface area contributed by atoms with Gasteiger partial charge in [-0.25, -0.2) is 9.97 Å². The van der Waals surface area contributed by atoms with Crippen LogP contribution in [-0.2, 0) is 4.74 Å². The van der Waals surface area contributed by atoms with Crippen molar-refractivity contribution in [3.63, 3.8) is 0 Å². The van der Waals surface area contributed by atoms with Gasteiger partial charge >= 0.3 is 0 Å². The van der Waals surface area contributed by atoms with Crippen molar-refractivity contribution in [2.75, 3.05) is 43.7 Å². The zero-order valence-corrected chi connectivity index (χ0v) is 12.1. The molecular formula is C12H22N4OS. The molecule has 6 heteroatoms. The Kier molecular flexibility index (Phi) is 7.52. The van der Waals surface area contributed by atoms with E-state index in [1.54, 1.807) is 18.9 Å². The average Bonchev–Trinajstić information content (AvgIpc) is 2.41. The molecule has 0 aliphatic heterocycles. The lowest BCUT2D eigenvalue weighted by atomic mass is 10.4. The van der Waals surface area contributed by atoms with Gasteiger partial charge < -0.3 is 15.4 Å². The monoisotopic (exact) mass is 270 g/mol. The molecule has 1 rings (SSSR count). The van der Waals surface area contributed by atoms with Crippen LogP contribution in [0.25, 0.3) is 0 Å². The zero-order valence-electron chi connectivity index (χ0n) is 11.3. The van der Waals surface area contributed by atoms with E-state index in [4.69, 9.17) is 4.74 Å². The minimum Gasteiger partial charge on any atom is -0.385 e. The second-order valence-corrected chi connectivity index (χ2v) is 4.60. The van der Waals surface area contributed by atoms with Crippen LogP contribution in [0, 0.1) is 0 Å². The fourth-order valence-corrected chi connectivity index (χ4v) is 1.76. The van der Waals surface area contributed by atoms with Crippen molar-refractivity contribution in [3.05, 3.63) is 6.07 Å². The highest BCUT2D eigenvalue weighted by molar-refractivity contribution is 7.98. The summed E-state index contributed by atoms with van der Waals surface area (Å²) in [6.07, 6.45) is 4.02. The molecule has 0 aromatic carbocycles. The molecule has 0 saturated carbocycles. The minimum atomic E-state index is 0.758.